The molecule has 3 aromatic rings. The van der Waals surface area contributed by atoms with Gasteiger partial charge < -0.3 is 5.32 Å². The quantitative estimate of drug-likeness (QED) is 0.275. The molecule has 0 fully saturated rings. The molecule has 1 amide bonds. The number of nitrogens with one attached hydrogen (secondary N) is 2. The zero-order valence-electron chi connectivity index (χ0n) is 14.7. The van der Waals surface area contributed by atoms with E-state index in [1.54, 1.807) is 6.07 Å². The third-order valence-electron chi connectivity index (χ3n) is 3.80. The van der Waals surface area contributed by atoms with E-state index in [0.29, 0.717) is 17.1 Å². The largest absolute Gasteiger partial charge is 0.306 e. The van der Waals surface area contributed by atoms with Gasteiger partial charge in [-0.25, -0.2) is 14.0 Å². The number of carbonyl (C=O) groups is 1. The number of amidine groups is 1. The Morgan fingerprint density at radius 3 is 2.79 bits per heavy atom. The Kier molecular flexibility index (Phi) is 6.91. The number of hydrogen-bond donors (Lipinski definition) is 3. The summed E-state index contributed by atoms with van der Waals surface area (Å²) < 4.78 is 18.2. The van der Waals surface area contributed by atoms with Gasteiger partial charge in [0.15, 0.2) is 11.5 Å². The molecular weight excluding hydrogens is 469 g/mol. The average Bonchev–Trinajstić information content (AvgIpc) is 3.16. The Bertz CT molecular complexity index is 1060. The van der Waals surface area contributed by atoms with Gasteiger partial charge in [0.1, 0.15) is 5.82 Å². The first-order valence-electron chi connectivity index (χ1n) is 8.28. The Morgan fingerprint density at radius 1 is 1.28 bits per heavy atom. The van der Waals surface area contributed by atoms with Gasteiger partial charge in [0, 0.05) is 11.4 Å². The van der Waals surface area contributed by atoms with E-state index in [1.807, 2.05) is 23.7 Å². The lowest BCUT2D eigenvalue weighted by atomic mass is 10.1. The topological polar surface area (TPSA) is 113 Å². The number of aliphatic imine (C=N–C) groups is 1. The maximum Gasteiger partial charge on any atom is 0.226 e. The molecule has 0 aliphatic rings. The van der Waals surface area contributed by atoms with Crippen LogP contribution in [0.25, 0.3) is 0 Å². The minimum atomic E-state index is -0.461. The van der Waals surface area contributed by atoms with Crippen LogP contribution < -0.4 is 10.8 Å². The van der Waals surface area contributed by atoms with E-state index in [-0.39, 0.29) is 34.1 Å². The Hall–Kier alpha value is -2.82. The van der Waals surface area contributed by atoms with E-state index < -0.39 is 5.82 Å². The molecule has 0 radical (unpaired) electrons. The summed E-state index contributed by atoms with van der Waals surface area (Å²) in [6, 6.07) is 11.2. The molecule has 3 N–H and O–H groups in total. The van der Waals surface area contributed by atoms with E-state index in [1.165, 1.54) is 18.2 Å². The van der Waals surface area contributed by atoms with Crippen molar-refractivity contribution < 1.29 is 19.0 Å². The van der Waals surface area contributed by atoms with Crippen LogP contribution in [0.4, 0.5) is 15.9 Å². The smallest absolute Gasteiger partial charge is 0.226 e. The summed E-state index contributed by atoms with van der Waals surface area (Å²) in [4.78, 5) is 16.4. The highest BCUT2D eigenvalue weighted by Gasteiger charge is 2.19. The SMILES string of the molecule is O=C(CCc1ccccc1Cl)Nc1nonc1C(=Nc1ccc(F)c(Br)c1)NO. The van der Waals surface area contributed by atoms with Crippen molar-refractivity contribution in [2.45, 2.75) is 12.8 Å². The van der Waals surface area contributed by atoms with E-state index in [0.717, 1.165) is 5.56 Å². The van der Waals surface area contributed by atoms with Crippen molar-refractivity contribution in [3.63, 3.8) is 0 Å². The second-order valence-corrected chi connectivity index (χ2v) is 7.03. The summed E-state index contributed by atoms with van der Waals surface area (Å²) >= 11 is 9.14. The van der Waals surface area contributed by atoms with Crippen molar-refractivity contribution in [1.82, 2.24) is 15.8 Å². The number of carbonyl (C=O) groups excluding carboxylic acids is 1. The second kappa shape index (κ2) is 9.59. The van der Waals surface area contributed by atoms with Crippen molar-refractivity contribution in [1.29, 1.82) is 0 Å². The van der Waals surface area contributed by atoms with Gasteiger partial charge >= 0.3 is 0 Å². The first-order chi connectivity index (χ1) is 14.0. The molecule has 150 valence electrons. The summed E-state index contributed by atoms with van der Waals surface area (Å²) in [5, 5.41) is 19.8. The lowest BCUT2D eigenvalue weighted by Crippen LogP contribution is -2.23. The van der Waals surface area contributed by atoms with Crippen molar-refractivity contribution in [3.8, 4) is 0 Å². The van der Waals surface area contributed by atoms with Crippen LogP contribution in [0, 0.1) is 5.82 Å². The molecule has 0 unspecified atom stereocenters. The maximum absolute atomic E-state index is 13.4. The van der Waals surface area contributed by atoms with Gasteiger partial charge in [-0.2, -0.15) is 0 Å². The summed E-state index contributed by atoms with van der Waals surface area (Å²) in [5.41, 5.74) is 3.00. The van der Waals surface area contributed by atoms with Crippen LogP contribution in [0.3, 0.4) is 0 Å². The van der Waals surface area contributed by atoms with E-state index in [9.17, 15) is 14.4 Å². The molecule has 0 spiro atoms. The molecule has 29 heavy (non-hydrogen) atoms. The number of benzene rings is 2. The number of rotatable bonds is 6. The predicted molar refractivity (Wildman–Crippen MR) is 108 cm³/mol. The fourth-order valence-corrected chi connectivity index (χ4v) is 2.98. The summed E-state index contributed by atoms with van der Waals surface area (Å²) in [7, 11) is 0. The van der Waals surface area contributed by atoms with E-state index in [4.69, 9.17) is 11.6 Å². The lowest BCUT2D eigenvalue weighted by molar-refractivity contribution is -0.116. The number of hydroxylamine groups is 1. The first-order valence-corrected chi connectivity index (χ1v) is 9.45. The van der Waals surface area contributed by atoms with E-state index in [2.05, 4.69) is 41.2 Å². The Morgan fingerprint density at radius 2 is 2.07 bits per heavy atom. The third kappa shape index (κ3) is 5.37. The monoisotopic (exact) mass is 481 g/mol. The molecule has 0 atom stereocenters. The molecule has 2 aromatic carbocycles. The van der Waals surface area contributed by atoms with Crippen molar-refractivity contribution in [2.75, 3.05) is 5.32 Å². The average molecular weight is 483 g/mol. The molecule has 1 aromatic heterocycles. The van der Waals surface area contributed by atoms with Crippen LogP contribution in [0.2, 0.25) is 5.02 Å². The molecular formula is C18H14BrClFN5O3. The second-order valence-electron chi connectivity index (χ2n) is 5.77. The number of anilines is 1. The molecule has 1 heterocycles. The normalized spacial score (nSPS) is 11.4. The van der Waals surface area contributed by atoms with Crippen LogP contribution in [0.15, 0.2) is 56.6 Å². The predicted octanol–water partition coefficient (Wildman–Crippen LogP) is 4.25. The van der Waals surface area contributed by atoms with E-state index >= 15 is 0 Å². The third-order valence-corrected chi connectivity index (χ3v) is 4.78. The number of nitrogens with zero attached hydrogens (tertiary/aromatic N) is 3. The first kappa shape index (κ1) is 20.9. The van der Waals surface area contributed by atoms with Crippen molar-refractivity contribution >= 4 is 50.8 Å². The zero-order valence-corrected chi connectivity index (χ0v) is 17.0. The summed E-state index contributed by atoms with van der Waals surface area (Å²) in [5.74, 6) is -0.998. The zero-order chi connectivity index (χ0) is 20.8. The highest BCUT2D eigenvalue weighted by atomic mass is 79.9. The van der Waals surface area contributed by atoms with Gasteiger partial charge in [0.25, 0.3) is 0 Å². The maximum atomic E-state index is 13.4. The Labute approximate surface area is 177 Å². The highest BCUT2D eigenvalue weighted by Crippen LogP contribution is 2.23. The number of amides is 1. The minimum absolute atomic E-state index is 0.0287. The number of aryl methyl sites for hydroxylation is 1. The van der Waals surface area contributed by atoms with Gasteiger partial charge in [-0.05, 0) is 62.5 Å². The van der Waals surface area contributed by atoms with Gasteiger partial charge in [-0.3, -0.25) is 15.5 Å². The molecule has 0 saturated heterocycles. The molecule has 8 nitrogen and oxygen atoms in total. The van der Waals surface area contributed by atoms with Crippen LogP contribution in [0.1, 0.15) is 17.7 Å². The van der Waals surface area contributed by atoms with Crippen LogP contribution >= 0.6 is 27.5 Å². The lowest BCUT2D eigenvalue weighted by Gasteiger charge is -2.06. The molecule has 0 aliphatic carbocycles. The fraction of sp³-hybridized carbons (Fsp3) is 0.111. The van der Waals surface area contributed by atoms with Crippen molar-refractivity contribution in [3.05, 3.63) is 69.0 Å². The van der Waals surface area contributed by atoms with Crippen molar-refractivity contribution in [2.24, 2.45) is 4.99 Å². The molecule has 3 rings (SSSR count). The van der Waals surface area contributed by atoms with Crippen LogP contribution in [-0.2, 0) is 11.2 Å². The molecule has 11 heteroatoms. The summed E-state index contributed by atoms with van der Waals surface area (Å²) in [6.07, 6.45) is 0.564. The minimum Gasteiger partial charge on any atom is -0.306 e. The number of aromatic nitrogens is 2. The molecule has 0 bridgehead atoms. The van der Waals surface area contributed by atoms with Gasteiger partial charge in [-0.1, -0.05) is 29.8 Å². The highest BCUT2D eigenvalue weighted by molar-refractivity contribution is 9.10. The van der Waals surface area contributed by atoms with Crippen LogP contribution in [0.5, 0.6) is 0 Å². The number of halogens is 3. The van der Waals surface area contributed by atoms with Crippen LogP contribution in [-0.4, -0.2) is 27.3 Å². The fourth-order valence-electron chi connectivity index (χ4n) is 2.38. The van der Waals surface area contributed by atoms with Gasteiger partial charge in [0.2, 0.25) is 11.7 Å². The van der Waals surface area contributed by atoms with Gasteiger partial charge in [-0.15, -0.1) is 0 Å². The van der Waals surface area contributed by atoms with Gasteiger partial charge in [0.05, 0.1) is 10.2 Å². The molecule has 0 saturated carbocycles. The standard InChI is InChI=1S/C18H14BrClFN5O3/c19-12-9-11(6-7-14(12)21)22-17(24-28)16-18(26-29-25-16)23-15(27)8-5-10-3-1-2-4-13(10)20/h1-4,6-7,9,28H,5,8H2,(H,22,24)(H,23,26,27). The number of hydrogen-bond acceptors (Lipinski definition) is 6. The molecule has 0 aliphatic heterocycles. The summed E-state index contributed by atoms with van der Waals surface area (Å²) in [6.45, 7) is 0. The Balaban J connectivity index is 1.73.